The van der Waals surface area contributed by atoms with Gasteiger partial charge in [0.05, 0.1) is 0 Å². The van der Waals surface area contributed by atoms with E-state index in [1.165, 1.54) is 12.0 Å². The van der Waals surface area contributed by atoms with Gasteiger partial charge in [-0.2, -0.15) is 0 Å². The van der Waals surface area contributed by atoms with Crippen LogP contribution in [0.15, 0.2) is 24.3 Å². The average Bonchev–Trinajstić information content (AvgIpc) is 2.57. The first-order valence-corrected chi connectivity index (χ1v) is 6.73. The van der Waals surface area contributed by atoms with Crippen molar-refractivity contribution >= 4 is 11.6 Å². The molecule has 3 heteroatoms. The van der Waals surface area contributed by atoms with Crippen molar-refractivity contribution in [2.75, 3.05) is 13.2 Å². The molecule has 0 saturated carbocycles. The predicted octanol–water partition coefficient (Wildman–Crippen LogP) is 3.56. The van der Waals surface area contributed by atoms with E-state index in [0.717, 1.165) is 31.1 Å². The largest absolute Gasteiger partial charge is 0.381 e. The minimum absolute atomic E-state index is 0.344. The highest BCUT2D eigenvalue weighted by Gasteiger charge is 2.15. The Kier molecular flexibility index (Phi) is 4.84. The SMILES string of the molecule is C[C@@H](NC1CCCOCC1)c1cccc(Cl)c1. The predicted molar refractivity (Wildman–Crippen MR) is 71.5 cm³/mol. The highest BCUT2D eigenvalue weighted by molar-refractivity contribution is 6.30. The van der Waals surface area contributed by atoms with Crippen molar-refractivity contribution in [1.29, 1.82) is 0 Å². The fourth-order valence-electron chi connectivity index (χ4n) is 2.30. The summed E-state index contributed by atoms with van der Waals surface area (Å²) in [7, 11) is 0. The first-order chi connectivity index (χ1) is 8.25. The van der Waals surface area contributed by atoms with Gasteiger partial charge >= 0.3 is 0 Å². The summed E-state index contributed by atoms with van der Waals surface area (Å²) in [5.74, 6) is 0. The molecule has 1 aliphatic heterocycles. The molecule has 0 aliphatic carbocycles. The highest BCUT2D eigenvalue weighted by atomic mass is 35.5. The molecule has 0 bridgehead atoms. The maximum atomic E-state index is 6.01. The Hall–Kier alpha value is -0.570. The molecule has 0 amide bonds. The minimum Gasteiger partial charge on any atom is -0.381 e. The van der Waals surface area contributed by atoms with E-state index < -0.39 is 0 Å². The third-order valence-corrected chi connectivity index (χ3v) is 3.52. The molecule has 1 aromatic rings. The van der Waals surface area contributed by atoms with E-state index >= 15 is 0 Å². The van der Waals surface area contributed by atoms with Gasteiger partial charge in [-0.15, -0.1) is 0 Å². The number of halogens is 1. The number of hydrogen-bond donors (Lipinski definition) is 1. The quantitative estimate of drug-likeness (QED) is 0.889. The average molecular weight is 254 g/mol. The van der Waals surface area contributed by atoms with Crippen LogP contribution in [0.1, 0.15) is 37.8 Å². The number of ether oxygens (including phenoxy) is 1. The molecule has 1 saturated heterocycles. The van der Waals surface area contributed by atoms with Crippen molar-refractivity contribution in [3.63, 3.8) is 0 Å². The lowest BCUT2D eigenvalue weighted by molar-refractivity contribution is 0.142. The topological polar surface area (TPSA) is 21.3 Å². The third kappa shape index (κ3) is 3.98. The molecule has 2 nitrogen and oxygen atoms in total. The first-order valence-electron chi connectivity index (χ1n) is 6.35. The maximum absolute atomic E-state index is 6.01. The van der Waals surface area contributed by atoms with Gasteiger partial charge in [-0.1, -0.05) is 23.7 Å². The summed E-state index contributed by atoms with van der Waals surface area (Å²) in [5.41, 5.74) is 1.25. The molecule has 0 spiro atoms. The summed E-state index contributed by atoms with van der Waals surface area (Å²) in [6.07, 6.45) is 3.45. The summed E-state index contributed by atoms with van der Waals surface area (Å²) in [4.78, 5) is 0. The first kappa shape index (κ1) is 12.9. The van der Waals surface area contributed by atoms with Gasteiger partial charge in [0, 0.05) is 30.3 Å². The van der Waals surface area contributed by atoms with E-state index in [1.807, 2.05) is 18.2 Å². The second-order valence-electron chi connectivity index (χ2n) is 4.68. The van der Waals surface area contributed by atoms with Crippen LogP contribution in [0, 0.1) is 0 Å². The highest BCUT2D eigenvalue weighted by Crippen LogP contribution is 2.19. The van der Waals surface area contributed by atoms with Gasteiger partial charge in [0.25, 0.3) is 0 Å². The van der Waals surface area contributed by atoms with E-state index in [2.05, 4.69) is 18.3 Å². The van der Waals surface area contributed by atoms with Gasteiger partial charge < -0.3 is 10.1 Å². The van der Waals surface area contributed by atoms with Crippen LogP contribution in [-0.4, -0.2) is 19.3 Å². The van der Waals surface area contributed by atoms with E-state index in [0.29, 0.717) is 12.1 Å². The van der Waals surface area contributed by atoms with Crippen LogP contribution in [0.4, 0.5) is 0 Å². The van der Waals surface area contributed by atoms with Gasteiger partial charge in [0.2, 0.25) is 0 Å². The van der Waals surface area contributed by atoms with E-state index in [1.54, 1.807) is 0 Å². The zero-order chi connectivity index (χ0) is 12.1. The van der Waals surface area contributed by atoms with Crippen LogP contribution < -0.4 is 5.32 Å². The minimum atomic E-state index is 0.344. The van der Waals surface area contributed by atoms with Crippen molar-refractivity contribution in [3.8, 4) is 0 Å². The Bertz CT molecular complexity index is 348. The number of hydrogen-bond acceptors (Lipinski definition) is 2. The second-order valence-corrected chi connectivity index (χ2v) is 5.12. The molecule has 1 aliphatic rings. The van der Waals surface area contributed by atoms with Crippen LogP contribution in [-0.2, 0) is 4.74 Å². The lowest BCUT2D eigenvalue weighted by atomic mass is 10.0. The third-order valence-electron chi connectivity index (χ3n) is 3.29. The zero-order valence-electron chi connectivity index (χ0n) is 10.3. The molecule has 17 heavy (non-hydrogen) atoms. The molecule has 1 fully saturated rings. The Balaban J connectivity index is 1.93. The second kappa shape index (κ2) is 6.39. The molecular formula is C14H20ClNO. The van der Waals surface area contributed by atoms with Crippen LogP contribution in [0.25, 0.3) is 0 Å². The molecule has 94 valence electrons. The number of benzene rings is 1. The molecule has 0 aromatic heterocycles. The molecular weight excluding hydrogens is 234 g/mol. The normalized spacial score (nSPS) is 23.1. The van der Waals surface area contributed by atoms with Crippen molar-refractivity contribution < 1.29 is 4.74 Å². The Labute approximate surface area is 108 Å². The van der Waals surface area contributed by atoms with Crippen molar-refractivity contribution in [2.45, 2.75) is 38.3 Å². The Morgan fingerprint density at radius 1 is 1.35 bits per heavy atom. The summed E-state index contributed by atoms with van der Waals surface area (Å²) in [6.45, 7) is 3.97. The monoisotopic (exact) mass is 253 g/mol. The van der Waals surface area contributed by atoms with E-state index in [-0.39, 0.29) is 0 Å². The molecule has 1 heterocycles. The van der Waals surface area contributed by atoms with Gasteiger partial charge in [-0.3, -0.25) is 0 Å². The molecule has 0 radical (unpaired) electrons. The molecule has 1 N–H and O–H groups in total. The van der Waals surface area contributed by atoms with Crippen molar-refractivity contribution in [2.24, 2.45) is 0 Å². The van der Waals surface area contributed by atoms with Crippen molar-refractivity contribution in [1.82, 2.24) is 5.32 Å². The summed E-state index contributed by atoms with van der Waals surface area (Å²) < 4.78 is 5.47. The van der Waals surface area contributed by atoms with Crippen molar-refractivity contribution in [3.05, 3.63) is 34.9 Å². The fraction of sp³-hybridized carbons (Fsp3) is 0.571. The molecule has 2 atom stereocenters. The lowest BCUT2D eigenvalue weighted by Crippen LogP contribution is -2.31. The van der Waals surface area contributed by atoms with Crippen LogP contribution in [0.2, 0.25) is 5.02 Å². The molecule has 1 unspecified atom stereocenters. The fourth-order valence-corrected chi connectivity index (χ4v) is 2.49. The Morgan fingerprint density at radius 3 is 3.06 bits per heavy atom. The van der Waals surface area contributed by atoms with Gasteiger partial charge in [0.1, 0.15) is 0 Å². The molecule has 1 aromatic carbocycles. The summed E-state index contributed by atoms with van der Waals surface area (Å²) in [5, 5.41) is 4.47. The maximum Gasteiger partial charge on any atom is 0.0480 e. The smallest absolute Gasteiger partial charge is 0.0480 e. The molecule has 2 rings (SSSR count). The summed E-state index contributed by atoms with van der Waals surface area (Å²) in [6, 6.07) is 8.98. The van der Waals surface area contributed by atoms with E-state index in [9.17, 15) is 0 Å². The van der Waals surface area contributed by atoms with Crippen LogP contribution >= 0.6 is 11.6 Å². The van der Waals surface area contributed by atoms with Gasteiger partial charge in [0.15, 0.2) is 0 Å². The van der Waals surface area contributed by atoms with Gasteiger partial charge in [-0.25, -0.2) is 0 Å². The van der Waals surface area contributed by atoms with E-state index in [4.69, 9.17) is 16.3 Å². The van der Waals surface area contributed by atoms with Crippen LogP contribution in [0.3, 0.4) is 0 Å². The standard InChI is InChI=1S/C14H20ClNO/c1-11(12-4-2-5-13(15)10-12)16-14-6-3-8-17-9-7-14/h2,4-5,10-11,14,16H,3,6-9H2,1H3/t11-,14?/m1/s1. The number of nitrogens with one attached hydrogen (secondary N) is 1. The Morgan fingerprint density at radius 2 is 2.24 bits per heavy atom. The summed E-state index contributed by atoms with van der Waals surface area (Å²) >= 11 is 6.01. The van der Waals surface area contributed by atoms with Gasteiger partial charge in [-0.05, 0) is 43.9 Å². The lowest BCUT2D eigenvalue weighted by Gasteiger charge is -2.22. The van der Waals surface area contributed by atoms with Crippen LogP contribution in [0.5, 0.6) is 0 Å². The zero-order valence-corrected chi connectivity index (χ0v) is 11.0. The number of rotatable bonds is 3.